The second-order valence-corrected chi connectivity index (χ2v) is 5.05. The van der Waals surface area contributed by atoms with Crippen LogP contribution in [-0.2, 0) is 0 Å². The Morgan fingerprint density at radius 3 is 2.78 bits per heavy atom. The number of hydrogen-bond donors (Lipinski definition) is 1. The van der Waals surface area contributed by atoms with E-state index in [-0.39, 0.29) is 5.25 Å². The molecule has 18 heavy (non-hydrogen) atoms. The number of aromatic nitrogens is 3. The molecule has 1 atom stereocenters. The van der Waals surface area contributed by atoms with Gasteiger partial charge in [-0.3, -0.25) is 0 Å². The van der Waals surface area contributed by atoms with Crippen LogP contribution in [0.5, 0.6) is 0 Å². The first-order valence-electron chi connectivity index (χ1n) is 5.75. The minimum absolute atomic E-state index is 0.242. The van der Waals surface area contributed by atoms with Crippen LogP contribution < -0.4 is 5.73 Å². The van der Waals surface area contributed by atoms with E-state index < -0.39 is 0 Å². The molecule has 0 amide bonds. The number of anilines is 1. The van der Waals surface area contributed by atoms with Crippen LogP contribution in [0.2, 0.25) is 0 Å². The Balaban J connectivity index is 2.34. The van der Waals surface area contributed by atoms with Crippen LogP contribution in [-0.4, -0.2) is 21.4 Å². The quantitative estimate of drug-likeness (QED) is 0.914. The van der Waals surface area contributed by atoms with E-state index in [9.17, 15) is 0 Å². The fraction of sp³-hybridized carbons (Fsp3) is 0.417. The van der Waals surface area contributed by atoms with Crippen molar-refractivity contribution in [1.29, 1.82) is 0 Å². The van der Waals surface area contributed by atoms with Gasteiger partial charge in [0.25, 0.3) is 0 Å². The van der Waals surface area contributed by atoms with E-state index in [1.165, 1.54) is 0 Å². The Hall–Kier alpha value is -1.56. The molecule has 0 aliphatic rings. The van der Waals surface area contributed by atoms with Gasteiger partial charge in [-0.1, -0.05) is 12.1 Å². The normalized spacial score (nSPS) is 12.6. The third kappa shape index (κ3) is 2.64. The molecule has 2 rings (SSSR count). The second kappa shape index (κ2) is 5.39. The summed E-state index contributed by atoms with van der Waals surface area (Å²) in [4.78, 5) is 8.54. The summed E-state index contributed by atoms with van der Waals surface area (Å²) in [6, 6.07) is 3.65. The monoisotopic (exact) mass is 264 g/mol. The maximum atomic E-state index is 5.71. The van der Waals surface area contributed by atoms with Crippen molar-refractivity contribution in [3.63, 3.8) is 0 Å². The van der Waals surface area contributed by atoms with Gasteiger partial charge in [0.2, 0.25) is 11.7 Å². The smallest absolute Gasteiger partial charge is 0.240 e. The Bertz CT molecular complexity index is 516. The summed E-state index contributed by atoms with van der Waals surface area (Å²) in [5, 5.41) is 4.24. The number of rotatable bonds is 4. The molecule has 0 radical (unpaired) electrons. The lowest BCUT2D eigenvalue weighted by molar-refractivity contribution is 0.375. The molecule has 0 saturated carbocycles. The van der Waals surface area contributed by atoms with Gasteiger partial charge in [-0.15, -0.1) is 0 Å². The van der Waals surface area contributed by atoms with Crippen LogP contribution >= 0.6 is 11.8 Å². The van der Waals surface area contributed by atoms with Gasteiger partial charge in [0.05, 0.1) is 5.25 Å². The van der Waals surface area contributed by atoms with E-state index in [0.717, 1.165) is 17.7 Å². The number of nitrogens with two attached hydrogens (primary N) is 1. The van der Waals surface area contributed by atoms with Crippen LogP contribution in [0.4, 0.5) is 5.82 Å². The van der Waals surface area contributed by atoms with Crippen LogP contribution in [0.1, 0.15) is 30.2 Å². The lowest BCUT2D eigenvalue weighted by atomic mass is 10.2. The fourth-order valence-electron chi connectivity index (χ4n) is 1.75. The van der Waals surface area contributed by atoms with Crippen molar-refractivity contribution < 1.29 is 4.52 Å². The highest BCUT2D eigenvalue weighted by Gasteiger charge is 2.17. The predicted octanol–water partition coefficient (Wildman–Crippen LogP) is 2.84. The molecule has 0 saturated heterocycles. The zero-order valence-corrected chi connectivity index (χ0v) is 11.5. The SMILES string of the molecule is CCC(SC)c1nc(-c2cc(C)nc(N)c2)no1. The van der Waals surface area contributed by atoms with Gasteiger partial charge in [-0.25, -0.2) is 4.98 Å². The number of nitrogen functional groups attached to an aromatic ring is 1. The van der Waals surface area contributed by atoms with Crippen LogP contribution in [0.3, 0.4) is 0 Å². The summed E-state index contributed by atoms with van der Waals surface area (Å²) >= 11 is 1.70. The van der Waals surface area contributed by atoms with Gasteiger partial charge < -0.3 is 10.3 Å². The summed E-state index contributed by atoms with van der Waals surface area (Å²) in [6.45, 7) is 3.98. The number of hydrogen-bond acceptors (Lipinski definition) is 6. The Kier molecular flexibility index (Phi) is 3.86. The number of thioether (sulfide) groups is 1. The van der Waals surface area contributed by atoms with Crippen LogP contribution in [0.25, 0.3) is 11.4 Å². The topological polar surface area (TPSA) is 77.8 Å². The van der Waals surface area contributed by atoms with E-state index in [0.29, 0.717) is 17.5 Å². The van der Waals surface area contributed by atoms with Crippen LogP contribution in [0, 0.1) is 6.92 Å². The van der Waals surface area contributed by atoms with Crippen molar-refractivity contribution in [2.24, 2.45) is 0 Å². The predicted molar refractivity (Wildman–Crippen MR) is 73.2 cm³/mol. The third-order valence-electron chi connectivity index (χ3n) is 2.60. The molecule has 96 valence electrons. The van der Waals surface area contributed by atoms with Gasteiger partial charge in [-0.2, -0.15) is 16.7 Å². The molecular formula is C12H16N4OS. The van der Waals surface area contributed by atoms with Gasteiger partial charge in [0, 0.05) is 11.3 Å². The fourth-order valence-corrected chi connectivity index (χ4v) is 2.38. The van der Waals surface area contributed by atoms with E-state index in [2.05, 4.69) is 22.0 Å². The standard InChI is InChI=1S/C12H16N4OS/c1-4-9(18-3)12-15-11(16-17-12)8-5-7(2)14-10(13)6-8/h5-6,9H,4H2,1-3H3,(H2,13,14). The zero-order valence-electron chi connectivity index (χ0n) is 10.7. The lowest BCUT2D eigenvalue weighted by Crippen LogP contribution is -1.94. The van der Waals surface area contributed by atoms with Crippen molar-refractivity contribution in [1.82, 2.24) is 15.1 Å². The molecular weight excluding hydrogens is 248 g/mol. The number of nitrogens with zero attached hydrogens (tertiary/aromatic N) is 3. The van der Waals surface area contributed by atoms with E-state index in [1.807, 2.05) is 19.2 Å². The van der Waals surface area contributed by atoms with Gasteiger partial charge in [-0.05, 0) is 31.7 Å². The van der Waals surface area contributed by atoms with Crippen LogP contribution in [0.15, 0.2) is 16.7 Å². The zero-order chi connectivity index (χ0) is 13.1. The van der Waals surface area contributed by atoms with Gasteiger partial charge >= 0.3 is 0 Å². The number of aryl methyl sites for hydroxylation is 1. The second-order valence-electron chi connectivity index (χ2n) is 4.01. The van der Waals surface area contributed by atoms with Crippen molar-refractivity contribution in [3.8, 4) is 11.4 Å². The van der Waals surface area contributed by atoms with E-state index >= 15 is 0 Å². The highest BCUT2D eigenvalue weighted by Crippen LogP contribution is 2.30. The largest absolute Gasteiger partial charge is 0.384 e. The van der Waals surface area contributed by atoms with Crippen molar-refractivity contribution >= 4 is 17.6 Å². The van der Waals surface area contributed by atoms with Crippen molar-refractivity contribution in [2.45, 2.75) is 25.5 Å². The maximum Gasteiger partial charge on any atom is 0.240 e. The molecule has 0 aliphatic carbocycles. The molecule has 0 bridgehead atoms. The van der Waals surface area contributed by atoms with Gasteiger partial charge in [0.1, 0.15) is 5.82 Å². The Morgan fingerprint density at radius 2 is 2.17 bits per heavy atom. The summed E-state index contributed by atoms with van der Waals surface area (Å²) in [5.74, 6) is 1.69. The number of pyridine rings is 1. The maximum absolute atomic E-state index is 5.71. The third-order valence-corrected chi connectivity index (χ3v) is 3.71. The molecule has 2 heterocycles. The average Bonchev–Trinajstić information content (AvgIpc) is 2.79. The molecule has 2 aromatic heterocycles. The molecule has 5 nitrogen and oxygen atoms in total. The first-order chi connectivity index (χ1) is 8.63. The minimum Gasteiger partial charge on any atom is -0.384 e. The first kappa shape index (κ1) is 12.9. The van der Waals surface area contributed by atoms with Crippen molar-refractivity contribution in [3.05, 3.63) is 23.7 Å². The highest BCUT2D eigenvalue weighted by atomic mass is 32.2. The first-order valence-corrected chi connectivity index (χ1v) is 7.03. The molecule has 1 unspecified atom stereocenters. The molecule has 0 fully saturated rings. The highest BCUT2D eigenvalue weighted by molar-refractivity contribution is 7.98. The van der Waals surface area contributed by atoms with Gasteiger partial charge in [0.15, 0.2) is 0 Å². The molecule has 0 aliphatic heterocycles. The lowest BCUT2D eigenvalue weighted by Gasteiger charge is -2.04. The van der Waals surface area contributed by atoms with E-state index in [1.54, 1.807) is 17.8 Å². The minimum atomic E-state index is 0.242. The van der Waals surface area contributed by atoms with E-state index in [4.69, 9.17) is 10.3 Å². The average molecular weight is 264 g/mol. The summed E-state index contributed by atoms with van der Waals surface area (Å²) in [6.07, 6.45) is 2.99. The molecule has 0 spiro atoms. The summed E-state index contributed by atoms with van der Waals surface area (Å²) in [5.41, 5.74) is 7.39. The summed E-state index contributed by atoms with van der Waals surface area (Å²) < 4.78 is 5.30. The van der Waals surface area contributed by atoms with Crippen molar-refractivity contribution in [2.75, 3.05) is 12.0 Å². The molecule has 6 heteroatoms. The molecule has 2 N–H and O–H groups in total. The molecule has 2 aromatic rings. The Labute approximate surface area is 110 Å². The molecule has 0 aromatic carbocycles. The summed E-state index contributed by atoms with van der Waals surface area (Å²) in [7, 11) is 0. The Morgan fingerprint density at radius 1 is 1.39 bits per heavy atom.